The van der Waals surface area contributed by atoms with Crippen LogP contribution >= 0.6 is 0 Å². The number of hydrogen-bond acceptors (Lipinski definition) is 2. The van der Waals surface area contributed by atoms with Crippen LogP contribution < -0.4 is 0 Å². The Morgan fingerprint density at radius 3 is 2.45 bits per heavy atom. The van der Waals surface area contributed by atoms with E-state index >= 15 is 0 Å². The van der Waals surface area contributed by atoms with Gasteiger partial charge in [0.25, 0.3) is 0 Å². The number of carbonyl (C=O) groups excluding carboxylic acids is 1. The van der Waals surface area contributed by atoms with Crippen LogP contribution in [0.5, 0.6) is 0 Å². The van der Waals surface area contributed by atoms with Crippen molar-refractivity contribution in [1.82, 2.24) is 0 Å². The van der Waals surface area contributed by atoms with Gasteiger partial charge >= 0.3 is 5.97 Å². The standard InChI is InChI=1S/C8H12O3/c9-5-6-3-1-2-4-7(6)8(10)11/h5-7H,1-4H2,(H,10,11)/t6?,7-/m0/s1. The molecule has 0 radical (unpaired) electrons. The highest BCUT2D eigenvalue weighted by Gasteiger charge is 2.29. The Balaban J connectivity index is 2.58. The maximum Gasteiger partial charge on any atom is 0.307 e. The van der Waals surface area contributed by atoms with Crippen molar-refractivity contribution in [2.45, 2.75) is 25.7 Å². The van der Waals surface area contributed by atoms with E-state index in [0.29, 0.717) is 6.42 Å². The van der Waals surface area contributed by atoms with Gasteiger partial charge in [-0.3, -0.25) is 4.79 Å². The molecule has 3 heteroatoms. The first-order valence-corrected chi connectivity index (χ1v) is 3.94. The fourth-order valence-corrected chi connectivity index (χ4v) is 1.63. The molecule has 1 aliphatic rings. The van der Waals surface area contributed by atoms with Gasteiger partial charge in [-0.25, -0.2) is 0 Å². The smallest absolute Gasteiger partial charge is 0.307 e. The lowest BCUT2D eigenvalue weighted by Gasteiger charge is -2.23. The molecule has 1 aliphatic carbocycles. The van der Waals surface area contributed by atoms with Crippen molar-refractivity contribution in [3.8, 4) is 0 Å². The summed E-state index contributed by atoms with van der Waals surface area (Å²) in [5.74, 6) is -1.47. The van der Waals surface area contributed by atoms with E-state index in [1.807, 2.05) is 0 Å². The Hall–Kier alpha value is -0.860. The summed E-state index contributed by atoms with van der Waals surface area (Å²) >= 11 is 0. The first kappa shape index (κ1) is 8.24. The van der Waals surface area contributed by atoms with Crippen LogP contribution in [0.4, 0.5) is 0 Å². The van der Waals surface area contributed by atoms with Gasteiger partial charge in [-0.2, -0.15) is 0 Å². The molecular formula is C8H12O3. The van der Waals surface area contributed by atoms with Gasteiger partial charge in [0.15, 0.2) is 0 Å². The van der Waals surface area contributed by atoms with Crippen molar-refractivity contribution in [3.63, 3.8) is 0 Å². The van der Waals surface area contributed by atoms with Crippen molar-refractivity contribution < 1.29 is 14.7 Å². The van der Waals surface area contributed by atoms with E-state index in [9.17, 15) is 9.59 Å². The van der Waals surface area contributed by atoms with Gasteiger partial charge in [-0.15, -0.1) is 0 Å². The zero-order valence-electron chi connectivity index (χ0n) is 6.32. The lowest BCUT2D eigenvalue weighted by Crippen LogP contribution is -2.27. The molecule has 3 nitrogen and oxygen atoms in total. The number of aldehydes is 1. The minimum atomic E-state index is -0.818. The minimum Gasteiger partial charge on any atom is -0.481 e. The second-order valence-corrected chi connectivity index (χ2v) is 3.03. The lowest BCUT2D eigenvalue weighted by atomic mass is 9.80. The Bertz CT molecular complexity index is 165. The van der Waals surface area contributed by atoms with Gasteiger partial charge in [0.2, 0.25) is 0 Å². The van der Waals surface area contributed by atoms with E-state index in [0.717, 1.165) is 25.5 Å². The van der Waals surface area contributed by atoms with Crippen LogP contribution in [0.15, 0.2) is 0 Å². The van der Waals surface area contributed by atoms with Gasteiger partial charge < -0.3 is 9.90 Å². The third-order valence-corrected chi connectivity index (χ3v) is 2.31. The fourth-order valence-electron chi connectivity index (χ4n) is 1.63. The number of carboxylic acid groups (broad SMARTS) is 1. The van der Waals surface area contributed by atoms with Gasteiger partial charge in [0, 0.05) is 5.92 Å². The topological polar surface area (TPSA) is 54.4 Å². The molecule has 62 valence electrons. The second-order valence-electron chi connectivity index (χ2n) is 3.03. The van der Waals surface area contributed by atoms with Crippen LogP contribution in [0.25, 0.3) is 0 Å². The molecule has 1 saturated carbocycles. The molecular weight excluding hydrogens is 144 g/mol. The van der Waals surface area contributed by atoms with Crippen LogP contribution in [0.1, 0.15) is 25.7 Å². The molecule has 2 atom stereocenters. The quantitative estimate of drug-likeness (QED) is 0.608. The third kappa shape index (κ3) is 1.79. The van der Waals surface area contributed by atoms with E-state index in [2.05, 4.69) is 0 Å². The van der Waals surface area contributed by atoms with E-state index < -0.39 is 11.9 Å². The highest BCUT2D eigenvalue weighted by molar-refractivity contribution is 5.75. The minimum absolute atomic E-state index is 0.235. The molecule has 1 fully saturated rings. The predicted molar refractivity (Wildman–Crippen MR) is 39.1 cm³/mol. The summed E-state index contributed by atoms with van der Waals surface area (Å²) in [5.41, 5.74) is 0. The van der Waals surface area contributed by atoms with E-state index in [1.54, 1.807) is 0 Å². The Kier molecular flexibility index (Phi) is 2.63. The normalized spacial score (nSPS) is 31.3. The average molecular weight is 156 g/mol. The van der Waals surface area contributed by atoms with Crippen molar-refractivity contribution in [2.75, 3.05) is 0 Å². The van der Waals surface area contributed by atoms with Crippen LogP contribution in [0.3, 0.4) is 0 Å². The highest BCUT2D eigenvalue weighted by atomic mass is 16.4. The zero-order valence-corrected chi connectivity index (χ0v) is 6.32. The summed E-state index contributed by atoms with van der Waals surface area (Å²) in [6, 6.07) is 0. The van der Waals surface area contributed by atoms with Crippen LogP contribution in [-0.4, -0.2) is 17.4 Å². The SMILES string of the molecule is O=CC1CCCC[C@@H]1C(=O)O. The summed E-state index contributed by atoms with van der Waals surface area (Å²) in [6.07, 6.45) is 4.14. The maximum absolute atomic E-state index is 10.6. The van der Waals surface area contributed by atoms with Crippen LogP contribution in [0, 0.1) is 11.8 Å². The van der Waals surface area contributed by atoms with Crippen molar-refractivity contribution in [3.05, 3.63) is 0 Å². The number of rotatable bonds is 2. The molecule has 1 unspecified atom stereocenters. The van der Waals surface area contributed by atoms with Crippen molar-refractivity contribution in [1.29, 1.82) is 0 Å². The molecule has 0 bridgehead atoms. The largest absolute Gasteiger partial charge is 0.481 e. The number of carbonyl (C=O) groups is 2. The fraction of sp³-hybridized carbons (Fsp3) is 0.750. The molecule has 0 aromatic heterocycles. The first-order valence-electron chi connectivity index (χ1n) is 3.94. The number of aliphatic carboxylic acids is 1. The number of hydrogen-bond donors (Lipinski definition) is 1. The van der Waals surface area contributed by atoms with E-state index in [4.69, 9.17) is 5.11 Å². The first-order chi connectivity index (χ1) is 5.25. The van der Waals surface area contributed by atoms with Gasteiger partial charge in [0.1, 0.15) is 6.29 Å². The third-order valence-electron chi connectivity index (χ3n) is 2.31. The second kappa shape index (κ2) is 3.51. The predicted octanol–water partition coefficient (Wildman–Crippen LogP) is 1.08. The van der Waals surface area contributed by atoms with Crippen molar-refractivity contribution in [2.24, 2.45) is 11.8 Å². The molecule has 0 spiro atoms. The molecule has 11 heavy (non-hydrogen) atoms. The monoisotopic (exact) mass is 156 g/mol. The summed E-state index contributed by atoms with van der Waals surface area (Å²) in [4.78, 5) is 21.0. The van der Waals surface area contributed by atoms with Gasteiger partial charge in [-0.1, -0.05) is 12.8 Å². The summed E-state index contributed by atoms with van der Waals surface area (Å²) in [5, 5.41) is 8.68. The Morgan fingerprint density at radius 1 is 1.36 bits per heavy atom. The Labute approximate surface area is 65.4 Å². The van der Waals surface area contributed by atoms with E-state index in [-0.39, 0.29) is 5.92 Å². The molecule has 0 amide bonds. The van der Waals surface area contributed by atoms with Crippen LogP contribution in [0.2, 0.25) is 0 Å². The molecule has 0 saturated heterocycles. The molecule has 0 aromatic rings. The zero-order chi connectivity index (χ0) is 8.27. The molecule has 0 aromatic carbocycles. The molecule has 1 N–H and O–H groups in total. The van der Waals surface area contributed by atoms with Gasteiger partial charge in [0.05, 0.1) is 5.92 Å². The lowest BCUT2D eigenvalue weighted by molar-refractivity contribution is -0.146. The molecule has 1 rings (SSSR count). The van der Waals surface area contributed by atoms with Crippen LogP contribution in [-0.2, 0) is 9.59 Å². The summed E-state index contributed by atoms with van der Waals surface area (Å²) < 4.78 is 0. The summed E-state index contributed by atoms with van der Waals surface area (Å²) in [6.45, 7) is 0. The van der Waals surface area contributed by atoms with E-state index in [1.165, 1.54) is 0 Å². The summed E-state index contributed by atoms with van der Waals surface area (Å²) in [7, 11) is 0. The number of carboxylic acids is 1. The Morgan fingerprint density at radius 2 is 2.00 bits per heavy atom. The van der Waals surface area contributed by atoms with Gasteiger partial charge in [-0.05, 0) is 12.8 Å². The molecule has 0 aliphatic heterocycles. The molecule has 0 heterocycles. The van der Waals surface area contributed by atoms with Crippen molar-refractivity contribution >= 4 is 12.3 Å². The maximum atomic E-state index is 10.6. The average Bonchev–Trinajstić information content (AvgIpc) is 2.04. The highest BCUT2D eigenvalue weighted by Crippen LogP contribution is 2.28.